The molecule has 0 aliphatic carbocycles. The van der Waals surface area contributed by atoms with E-state index in [9.17, 15) is 28.1 Å². The molecule has 1 amide bonds. The van der Waals surface area contributed by atoms with Crippen LogP contribution in [0.25, 0.3) is 0 Å². The number of benzene rings is 1. The maximum Gasteiger partial charge on any atom is 0.471 e. The van der Waals surface area contributed by atoms with E-state index in [0.717, 1.165) is 35.5 Å². The normalized spacial score (nSPS) is 11.1. The van der Waals surface area contributed by atoms with Crippen molar-refractivity contribution in [2.24, 2.45) is 0 Å². The Balaban J connectivity index is 2.17. The Morgan fingerprint density at radius 2 is 1.85 bits per heavy atom. The standard InChI is InChI=1S/C17H17F3N4O3/c1-11-9-12(2)22-15(10-11)21-7-8-23(16(25)17(18,19)20)13-3-5-14(6-4-13)24(26)27/h3-6,9-10H,7-8H2,1-2H3,(H,21,22). The Morgan fingerprint density at radius 3 is 2.37 bits per heavy atom. The predicted molar refractivity (Wildman–Crippen MR) is 93.7 cm³/mol. The molecule has 0 saturated carbocycles. The molecule has 2 rings (SSSR count). The number of alkyl halides is 3. The molecule has 2 aromatic rings. The number of nitro groups is 1. The van der Waals surface area contributed by atoms with Gasteiger partial charge in [0.05, 0.1) is 4.92 Å². The number of halogens is 3. The molecule has 0 bridgehead atoms. The molecule has 0 aliphatic rings. The lowest BCUT2D eigenvalue weighted by molar-refractivity contribution is -0.384. The molecular formula is C17H17F3N4O3. The number of hydrogen-bond acceptors (Lipinski definition) is 5. The van der Waals surface area contributed by atoms with Crippen LogP contribution in [0.5, 0.6) is 0 Å². The zero-order valence-electron chi connectivity index (χ0n) is 14.6. The first-order chi connectivity index (χ1) is 12.6. The highest BCUT2D eigenvalue weighted by Gasteiger charge is 2.43. The smallest absolute Gasteiger partial charge is 0.368 e. The van der Waals surface area contributed by atoms with Gasteiger partial charge >= 0.3 is 12.1 Å². The molecule has 0 unspecified atom stereocenters. The van der Waals surface area contributed by atoms with E-state index in [4.69, 9.17) is 0 Å². The molecule has 1 heterocycles. The van der Waals surface area contributed by atoms with Gasteiger partial charge in [0, 0.05) is 36.6 Å². The third-order valence-corrected chi connectivity index (χ3v) is 3.60. The van der Waals surface area contributed by atoms with Gasteiger partial charge in [-0.15, -0.1) is 0 Å². The summed E-state index contributed by atoms with van der Waals surface area (Å²) in [5.74, 6) is -1.57. The van der Waals surface area contributed by atoms with Crippen LogP contribution in [0.1, 0.15) is 11.3 Å². The SMILES string of the molecule is Cc1cc(C)nc(NCCN(C(=O)C(F)(F)F)c2ccc([N+](=O)[O-])cc2)c1. The fourth-order valence-corrected chi connectivity index (χ4v) is 2.48. The van der Waals surface area contributed by atoms with Gasteiger partial charge in [0.15, 0.2) is 0 Å². The number of amides is 1. The van der Waals surface area contributed by atoms with E-state index in [-0.39, 0.29) is 24.5 Å². The average Bonchev–Trinajstić information content (AvgIpc) is 2.56. The first-order valence-corrected chi connectivity index (χ1v) is 7.90. The van der Waals surface area contributed by atoms with Crippen LogP contribution in [0.15, 0.2) is 36.4 Å². The molecule has 0 aliphatic heterocycles. The largest absolute Gasteiger partial charge is 0.471 e. The van der Waals surface area contributed by atoms with Crippen molar-refractivity contribution in [2.45, 2.75) is 20.0 Å². The number of hydrogen-bond donors (Lipinski definition) is 1. The van der Waals surface area contributed by atoms with Crippen molar-refractivity contribution in [1.82, 2.24) is 4.98 Å². The molecule has 0 atom stereocenters. The van der Waals surface area contributed by atoms with Crippen LogP contribution in [0, 0.1) is 24.0 Å². The van der Waals surface area contributed by atoms with Crippen molar-refractivity contribution in [3.8, 4) is 0 Å². The van der Waals surface area contributed by atoms with Crippen LogP contribution in [0.3, 0.4) is 0 Å². The summed E-state index contributed by atoms with van der Waals surface area (Å²) in [5.41, 5.74) is 1.31. The molecule has 0 saturated heterocycles. The number of aryl methyl sites for hydroxylation is 2. The van der Waals surface area contributed by atoms with Gasteiger partial charge in [-0.1, -0.05) is 0 Å². The number of anilines is 2. The third kappa shape index (κ3) is 5.40. The van der Waals surface area contributed by atoms with E-state index in [0.29, 0.717) is 10.7 Å². The van der Waals surface area contributed by atoms with Crippen molar-refractivity contribution < 1.29 is 22.9 Å². The summed E-state index contributed by atoms with van der Waals surface area (Å²) < 4.78 is 38.7. The van der Waals surface area contributed by atoms with Gasteiger partial charge in [-0.25, -0.2) is 4.98 Å². The van der Waals surface area contributed by atoms with Crippen LogP contribution >= 0.6 is 0 Å². The van der Waals surface area contributed by atoms with Crippen LogP contribution in [0.2, 0.25) is 0 Å². The van der Waals surface area contributed by atoms with E-state index < -0.39 is 17.0 Å². The minimum Gasteiger partial charge on any atom is -0.368 e. The summed E-state index contributed by atoms with van der Waals surface area (Å²) in [6.45, 7) is 3.35. The second-order valence-electron chi connectivity index (χ2n) is 5.83. The lowest BCUT2D eigenvalue weighted by Crippen LogP contribution is -2.43. The van der Waals surface area contributed by atoms with Crippen molar-refractivity contribution >= 4 is 23.1 Å². The van der Waals surface area contributed by atoms with E-state index in [2.05, 4.69) is 10.3 Å². The maximum absolute atomic E-state index is 12.9. The highest BCUT2D eigenvalue weighted by molar-refractivity contribution is 5.97. The van der Waals surface area contributed by atoms with Gasteiger partial charge in [0.1, 0.15) is 5.82 Å². The zero-order valence-corrected chi connectivity index (χ0v) is 14.6. The number of rotatable bonds is 6. The highest BCUT2D eigenvalue weighted by Crippen LogP contribution is 2.25. The fraction of sp³-hybridized carbons (Fsp3) is 0.294. The van der Waals surface area contributed by atoms with E-state index in [1.54, 1.807) is 13.0 Å². The summed E-state index contributed by atoms with van der Waals surface area (Å²) in [6, 6.07) is 7.89. The van der Waals surface area contributed by atoms with Crippen molar-refractivity contribution in [2.75, 3.05) is 23.3 Å². The zero-order chi connectivity index (χ0) is 20.2. The Bertz CT molecular complexity index is 818. The molecule has 0 fully saturated rings. The quantitative estimate of drug-likeness (QED) is 0.609. The number of nitrogens with zero attached hydrogens (tertiary/aromatic N) is 3. The van der Waals surface area contributed by atoms with E-state index >= 15 is 0 Å². The second kappa shape index (κ2) is 8.02. The monoisotopic (exact) mass is 382 g/mol. The number of nitro benzene ring substituents is 1. The lowest BCUT2D eigenvalue weighted by Gasteiger charge is -2.24. The van der Waals surface area contributed by atoms with E-state index in [1.165, 1.54) is 0 Å². The van der Waals surface area contributed by atoms with Gasteiger partial charge in [-0.3, -0.25) is 14.9 Å². The summed E-state index contributed by atoms with van der Waals surface area (Å²) in [5, 5.41) is 13.6. The molecular weight excluding hydrogens is 365 g/mol. The topological polar surface area (TPSA) is 88.4 Å². The number of aromatic nitrogens is 1. The van der Waals surface area contributed by atoms with Crippen LogP contribution in [-0.4, -0.2) is 35.1 Å². The van der Waals surface area contributed by atoms with Gasteiger partial charge in [-0.05, 0) is 43.7 Å². The number of carbonyl (C=O) groups excluding carboxylic acids is 1. The first kappa shape index (κ1) is 20.1. The molecule has 0 radical (unpaired) electrons. The average molecular weight is 382 g/mol. The van der Waals surface area contributed by atoms with Crippen LogP contribution in [0.4, 0.5) is 30.4 Å². The Hall–Kier alpha value is -3.17. The number of carbonyl (C=O) groups is 1. The van der Waals surface area contributed by atoms with Crippen molar-refractivity contribution in [3.05, 3.63) is 57.8 Å². The van der Waals surface area contributed by atoms with Gasteiger partial charge in [0.25, 0.3) is 5.69 Å². The molecule has 144 valence electrons. The molecule has 1 N–H and O–H groups in total. The van der Waals surface area contributed by atoms with Gasteiger partial charge in [-0.2, -0.15) is 13.2 Å². The van der Waals surface area contributed by atoms with Crippen LogP contribution < -0.4 is 10.2 Å². The highest BCUT2D eigenvalue weighted by atomic mass is 19.4. The lowest BCUT2D eigenvalue weighted by atomic mass is 10.2. The summed E-state index contributed by atoms with van der Waals surface area (Å²) in [4.78, 5) is 26.5. The Labute approximate surface area is 153 Å². The molecule has 1 aromatic heterocycles. The Kier molecular flexibility index (Phi) is 5.98. The fourth-order valence-electron chi connectivity index (χ4n) is 2.48. The molecule has 10 heteroatoms. The molecule has 0 spiro atoms. The van der Waals surface area contributed by atoms with E-state index in [1.807, 2.05) is 13.0 Å². The van der Waals surface area contributed by atoms with Crippen molar-refractivity contribution in [1.29, 1.82) is 0 Å². The molecule has 1 aromatic carbocycles. The summed E-state index contributed by atoms with van der Waals surface area (Å²) >= 11 is 0. The maximum atomic E-state index is 12.9. The minimum absolute atomic E-state index is 0.00863. The molecule has 7 nitrogen and oxygen atoms in total. The van der Waals surface area contributed by atoms with Gasteiger partial charge < -0.3 is 10.2 Å². The minimum atomic E-state index is -5.07. The molecule has 27 heavy (non-hydrogen) atoms. The van der Waals surface area contributed by atoms with Gasteiger partial charge in [0.2, 0.25) is 0 Å². The number of non-ortho nitro benzene ring substituents is 1. The summed E-state index contributed by atoms with van der Waals surface area (Å²) in [7, 11) is 0. The third-order valence-electron chi connectivity index (χ3n) is 3.60. The number of nitrogens with one attached hydrogen (secondary N) is 1. The number of pyridine rings is 1. The predicted octanol–water partition coefficient (Wildman–Crippen LogP) is 3.61. The van der Waals surface area contributed by atoms with Crippen molar-refractivity contribution in [3.63, 3.8) is 0 Å². The summed E-state index contributed by atoms with van der Waals surface area (Å²) in [6.07, 6.45) is -5.07. The van der Waals surface area contributed by atoms with Crippen LogP contribution in [-0.2, 0) is 4.79 Å². The first-order valence-electron chi connectivity index (χ1n) is 7.90. The Morgan fingerprint density at radius 1 is 1.22 bits per heavy atom. The second-order valence-corrected chi connectivity index (χ2v) is 5.83.